The summed E-state index contributed by atoms with van der Waals surface area (Å²) in [5.41, 5.74) is 0.143. The highest BCUT2D eigenvalue weighted by atomic mass is 16.7. The molecule has 1 N–H and O–H groups in total. The molecular weight excluding hydrogens is 239 g/mol. The Morgan fingerprint density at radius 2 is 1.95 bits per heavy atom. The Labute approximate surface area is 115 Å². The zero-order valence-electron chi connectivity index (χ0n) is 11.9. The summed E-state index contributed by atoms with van der Waals surface area (Å²) in [5, 5.41) is 3.09. The van der Waals surface area contributed by atoms with Gasteiger partial charge in [0.15, 0.2) is 0 Å². The van der Waals surface area contributed by atoms with Crippen LogP contribution in [0, 0.1) is 12.3 Å². The largest absolute Gasteiger partial charge is 0.498 e. The lowest BCUT2D eigenvalue weighted by Crippen LogP contribution is -2.41. The van der Waals surface area contributed by atoms with E-state index in [9.17, 15) is 0 Å². The number of nitrogens with zero attached hydrogens (tertiary/aromatic N) is 1. The van der Waals surface area contributed by atoms with E-state index in [1.807, 2.05) is 39.8 Å². The molecule has 0 unspecified atom stereocenters. The van der Waals surface area contributed by atoms with Crippen molar-refractivity contribution < 1.29 is 9.31 Å². The number of hydrogen-bond acceptors (Lipinski definition) is 4. The Morgan fingerprint density at radius 3 is 2.53 bits per heavy atom. The van der Waals surface area contributed by atoms with Crippen molar-refractivity contribution >= 4 is 18.4 Å². The second kappa shape index (κ2) is 4.88. The average molecular weight is 258 g/mol. The summed E-state index contributed by atoms with van der Waals surface area (Å²) >= 11 is 0. The third kappa shape index (κ3) is 2.60. The van der Waals surface area contributed by atoms with Gasteiger partial charge in [0.2, 0.25) is 0 Å². The molecule has 5 heteroatoms. The lowest BCUT2D eigenvalue weighted by Gasteiger charge is -2.32. The lowest BCUT2D eigenvalue weighted by atomic mass is 9.79. The molecular formula is C14H19BN2O2. The fourth-order valence-electron chi connectivity index (χ4n) is 1.86. The van der Waals surface area contributed by atoms with E-state index >= 15 is 0 Å². The van der Waals surface area contributed by atoms with Gasteiger partial charge >= 0.3 is 7.12 Å². The standard InChI is InChI=1S/C14H19BN2O2/c1-6-9-16-12-11(8-7-10-17-12)15-18-13(2,3)14(4,5)19-15/h1,7-8,10H,9H2,2-5H3,(H,16,17). The maximum atomic E-state index is 6.02. The van der Waals surface area contributed by atoms with Crippen LogP contribution in [0.1, 0.15) is 27.7 Å². The lowest BCUT2D eigenvalue weighted by molar-refractivity contribution is 0.00578. The van der Waals surface area contributed by atoms with Crippen molar-refractivity contribution in [3.63, 3.8) is 0 Å². The molecule has 0 aliphatic carbocycles. The Morgan fingerprint density at radius 1 is 1.32 bits per heavy atom. The number of aromatic nitrogens is 1. The summed E-state index contributed by atoms with van der Waals surface area (Å²) in [6, 6.07) is 3.80. The molecule has 2 heterocycles. The second-order valence-corrected chi connectivity index (χ2v) is 5.59. The number of nitrogens with one attached hydrogen (secondary N) is 1. The highest BCUT2D eigenvalue weighted by Gasteiger charge is 2.52. The van der Waals surface area contributed by atoms with Crippen LogP contribution in [-0.4, -0.2) is 29.8 Å². The van der Waals surface area contributed by atoms with E-state index in [4.69, 9.17) is 15.7 Å². The third-order valence-electron chi connectivity index (χ3n) is 3.70. The van der Waals surface area contributed by atoms with E-state index in [0.717, 1.165) is 5.46 Å². The van der Waals surface area contributed by atoms with E-state index < -0.39 is 7.12 Å². The van der Waals surface area contributed by atoms with Crippen molar-refractivity contribution in [2.75, 3.05) is 11.9 Å². The molecule has 0 bridgehead atoms. The van der Waals surface area contributed by atoms with Gasteiger partial charge in [0, 0.05) is 11.7 Å². The minimum absolute atomic E-state index is 0.364. The van der Waals surface area contributed by atoms with Crippen molar-refractivity contribution in [3.05, 3.63) is 18.3 Å². The topological polar surface area (TPSA) is 43.4 Å². The van der Waals surface area contributed by atoms with Gasteiger partial charge in [0.25, 0.3) is 0 Å². The van der Waals surface area contributed by atoms with Crippen LogP contribution < -0.4 is 10.8 Å². The van der Waals surface area contributed by atoms with E-state index in [1.165, 1.54) is 0 Å². The Kier molecular flexibility index (Phi) is 3.57. The molecule has 0 radical (unpaired) electrons. The van der Waals surface area contributed by atoms with Crippen LogP contribution in [0.15, 0.2) is 18.3 Å². The zero-order chi connectivity index (χ0) is 14.1. The first-order valence-electron chi connectivity index (χ1n) is 6.35. The molecule has 4 nitrogen and oxygen atoms in total. The highest BCUT2D eigenvalue weighted by molar-refractivity contribution is 6.63. The molecule has 19 heavy (non-hydrogen) atoms. The Balaban J connectivity index is 2.27. The van der Waals surface area contributed by atoms with Gasteiger partial charge in [-0.1, -0.05) is 12.0 Å². The van der Waals surface area contributed by atoms with Gasteiger partial charge in [-0.05, 0) is 33.8 Å². The van der Waals surface area contributed by atoms with Gasteiger partial charge in [-0.15, -0.1) is 6.42 Å². The maximum absolute atomic E-state index is 6.02. The van der Waals surface area contributed by atoms with Gasteiger partial charge in [-0.25, -0.2) is 4.98 Å². The molecule has 0 saturated carbocycles. The molecule has 1 saturated heterocycles. The van der Waals surface area contributed by atoms with Gasteiger partial charge in [0.1, 0.15) is 5.82 Å². The summed E-state index contributed by atoms with van der Waals surface area (Å²) in [4.78, 5) is 4.29. The number of rotatable bonds is 3. The van der Waals surface area contributed by atoms with E-state index in [0.29, 0.717) is 12.4 Å². The molecule has 0 aromatic carbocycles. The summed E-state index contributed by atoms with van der Waals surface area (Å²) < 4.78 is 12.0. The van der Waals surface area contributed by atoms with Gasteiger partial charge < -0.3 is 14.6 Å². The number of pyridine rings is 1. The van der Waals surface area contributed by atoms with E-state index in [2.05, 4.69) is 16.2 Å². The van der Waals surface area contributed by atoms with Crippen molar-refractivity contribution in [1.82, 2.24) is 4.98 Å². The summed E-state index contributed by atoms with van der Waals surface area (Å²) in [6.07, 6.45) is 6.98. The molecule has 100 valence electrons. The van der Waals surface area contributed by atoms with Crippen LogP contribution in [0.3, 0.4) is 0 Å². The van der Waals surface area contributed by atoms with Crippen LogP contribution in [0.2, 0.25) is 0 Å². The number of hydrogen-bond donors (Lipinski definition) is 1. The quantitative estimate of drug-likeness (QED) is 0.658. The highest BCUT2D eigenvalue weighted by Crippen LogP contribution is 2.36. The molecule has 1 aliphatic rings. The van der Waals surface area contributed by atoms with Gasteiger partial charge in [-0.2, -0.15) is 0 Å². The summed E-state index contributed by atoms with van der Waals surface area (Å²) in [7, 11) is -0.432. The first-order chi connectivity index (χ1) is 8.87. The smallest absolute Gasteiger partial charge is 0.399 e. The van der Waals surface area contributed by atoms with E-state index in [-0.39, 0.29) is 11.2 Å². The van der Waals surface area contributed by atoms with Crippen molar-refractivity contribution in [2.24, 2.45) is 0 Å². The normalized spacial score (nSPS) is 20.1. The van der Waals surface area contributed by atoms with Crippen molar-refractivity contribution in [2.45, 2.75) is 38.9 Å². The molecule has 2 rings (SSSR count). The average Bonchev–Trinajstić information content (AvgIpc) is 2.56. The minimum atomic E-state index is -0.432. The van der Waals surface area contributed by atoms with Crippen LogP contribution in [0.4, 0.5) is 5.82 Å². The fourth-order valence-corrected chi connectivity index (χ4v) is 1.86. The SMILES string of the molecule is C#CCNc1ncccc1B1OC(C)(C)C(C)(C)O1. The number of anilines is 1. The first-order valence-corrected chi connectivity index (χ1v) is 6.35. The zero-order valence-corrected chi connectivity index (χ0v) is 11.9. The first kappa shape index (κ1) is 13.9. The molecule has 1 aliphatic heterocycles. The number of terminal acetylenes is 1. The minimum Gasteiger partial charge on any atom is -0.399 e. The van der Waals surface area contributed by atoms with Gasteiger partial charge in [0.05, 0.1) is 17.7 Å². The predicted octanol–water partition coefficient (Wildman–Crippen LogP) is 1.43. The van der Waals surface area contributed by atoms with Crippen LogP contribution in [0.5, 0.6) is 0 Å². The van der Waals surface area contributed by atoms with Gasteiger partial charge in [-0.3, -0.25) is 0 Å². The summed E-state index contributed by atoms with van der Waals surface area (Å²) in [6.45, 7) is 8.52. The van der Waals surface area contributed by atoms with Crippen LogP contribution in [-0.2, 0) is 9.31 Å². The molecule has 0 amide bonds. The molecule has 0 spiro atoms. The fraction of sp³-hybridized carbons (Fsp3) is 0.500. The molecule has 1 aromatic rings. The van der Waals surface area contributed by atoms with Crippen LogP contribution >= 0.6 is 0 Å². The molecule has 1 aromatic heterocycles. The summed E-state index contributed by atoms with van der Waals surface area (Å²) in [5.74, 6) is 3.24. The van der Waals surface area contributed by atoms with E-state index in [1.54, 1.807) is 6.20 Å². The maximum Gasteiger partial charge on any atom is 0.498 e. The molecule has 1 fully saturated rings. The van der Waals surface area contributed by atoms with Crippen molar-refractivity contribution in [1.29, 1.82) is 0 Å². The molecule has 0 atom stereocenters. The Hall–Kier alpha value is -1.51. The van der Waals surface area contributed by atoms with Crippen LogP contribution in [0.25, 0.3) is 0 Å². The monoisotopic (exact) mass is 258 g/mol. The van der Waals surface area contributed by atoms with Crippen molar-refractivity contribution in [3.8, 4) is 12.3 Å². The second-order valence-electron chi connectivity index (χ2n) is 5.59. The Bertz CT molecular complexity index is 492. The third-order valence-corrected chi connectivity index (χ3v) is 3.70. The predicted molar refractivity (Wildman–Crippen MR) is 77.3 cm³/mol.